The summed E-state index contributed by atoms with van der Waals surface area (Å²) in [6.07, 6.45) is 3.47. The third kappa shape index (κ3) is 3.90. The number of nitrogens with one attached hydrogen (secondary N) is 1. The molecule has 0 bridgehead atoms. The second-order valence-electron chi connectivity index (χ2n) is 6.11. The first kappa shape index (κ1) is 18.8. The average Bonchev–Trinajstić information content (AvgIpc) is 2.68. The van der Waals surface area contributed by atoms with Crippen LogP contribution in [0.5, 0.6) is 0 Å². The Balaban J connectivity index is 1.97. The molecule has 5 nitrogen and oxygen atoms in total. The number of Topliss-reactive ketones (excluding diaryl/α,β-unsaturated/α-hetero) is 1. The Labute approximate surface area is 158 Å². The standard InChI is InChI=1S/C21H19NO4S/c1-2-12-22-18-14-19(23)20-15(7-6-10-17(20)21(18)24)11-13-27(25,26)16-8-4-3-5-9-16/h3-11,13-14,22H,2,12H2,1H3/b13-11+. The number of hydrogen-bond donors (Lipinski definition) is 1. The number of allylic oxidation sites excluding steroid dienone is 2. The van der Waals surface area contributed by atoms with Gasteiger partial charge in [-0.15, -0.1) is 0 Å². The molecule has 0 aliphatic heterocycles. The van der Waals surface area contributed by atoms with Crippen LogP contribution in [0.15, 0.2) is 70.6 Å². The highest BCUT2D eigenvalue weighted by Gasteiger charge is 2.27. The topological polar surface area (TPSA) is 80.3 Å². The van der Waals surface area contributed by atoms with E-state index < -0.39 is 9.84 Å². The Bertz CT molecular complexity index is 1050. The van der Waals surface area contributed by atoms with Crippen LogP contribution in [0.4, 0.5) is 0 Å². The van der Waals surface area contributed by atoms with E-state index >= 15 is 0 Å². The summed E-state index contributed by atoms with van der Waals surface area (Å²) in [5, 5.41) is 4.03. The van der Waals surface area contributed by atoms with Crippen molar-refractivity contribution in [3.63, 3.8) is 0 Å². The van der Waals surface area contributed by atoms with E-state index in [0.29, 0.717) is 12.1 Å². The van der Waals surface area contributed by atoms with Gasteiger partial charge in [-0.3, -0.25) is 9.59 Å². The maximum Gasteiger partial charge on any atom is 0.209 e. The molecule has 1 aliphatic rings. The van der Waals surface area contributed by atoms with Gasteiger partial charge >= 0.3 is 0 Å². The molecule has 2 aromatic carbocycles. The van der Waals surface area contributed by atoms with Crippen molar-refractivity contribution < 1.29 is 18.0 Å². The quantitative estimate of drug-likeness (QED) is 0.830. The SMILES string of the molecule is CCCNC1=CC(=O)c2c(/C=C/S(=O)(=O)c3ccccc3)cccc2C1=O. The number of carbonyl (C=O) groups is 2. The van der Waals surface area contributed by atoms with Crippen molar-refractivity contribution in [2.45, 2.75) is 18.2 Å². The van der Waals surface area contributed by atoms with Crippen molar-refractivity contribution in [3.8, 4) is 0 Å². The van der Waals surface area contributed by atoms with Gasteiger partial charge in [-0.05, 0) is 30.2 Å². The predicted octanol–water partition coefficient (Wildman–Crippen LogP) is 3.39. The van der Waals surface area contributed by atoms with Gasteiger partial charge < -0.3 is 5.32 Å². The van der Waals surface area contributed by atoms with Crippen molar-refractivity contribution in [1.29, 1.82) is 0 Å². The second kappa shape index (κ2) is 7.72. The average molecular weight is 381 g/mol. The van der Waals surface area contributed by atoms with Crippen LogP contribution in [0.3, 0.4) is 0 Å². The molecule has 0 amide bonds. The third-order valence-electron chi connectivity index (χ3n) is 4.17. The maximum absolute atomic E-state index is 12.6. The Morgan fingerprint density at radius 1 is 1.00 bits per heavy atom. The Morgan fingerprint density at radius 2 is 1.74 bits per heavy atom. The van der Waals surface area contributed by atoms with Gasteiger partial charge in [-0.1, -0.05) is 43.3 Å². The summed E-state index contributed by atoms with van der Waals surface area (Å²) in [6, 6.07) is 12.9. The summed E-state index contributed by atoms with van der Waals surface area (Å²) in [4.78, 5) is 25.4. The largest absolute Gasteiger partial charge is 0.382 e. The van der Waals surface area contributed by atoms with E-state index in [2.05, 4.69) is 5.32 Å². The van der Waals surface area contributed by atoms with Crippen LogP contribution in [0.1, 0.15) is 39.6 Å². The molecule has 0 fully saturated rings. The zero-order valence-electron chi connectivity index (χ0n) is 14.8. The molecule has 0 spiro atoms. The van der Waals surface area contributed by atoms with E-state index in [1.54, 1.807) is 36.4 Å². The van der Waals surface area contributed by atoms with E-state index in [9.17, 15) is 18.0 Å². The minimum Gasteiger partial charge on any atom is -0.382 e. The van der Waals surface area contributed by atoms with Crippen molar-refractivity contribution in [2.75, 3.05) is 6.54 Å². The van der Waals surface area contributed by atoms with Crippen LogP contribution in [-0.4, -0.2) is 26.5 Å². The van der Waals surface area contributed by atoms with Crippen molar-refractivity contribution in [3.05, 3.63) is 82.4 Å². The van der Waals surface area contributed by atoms with Gasteiger partial charge in [0.2, 0.25) is 5.78 Å². The summed E-state index contributed by atoms with van der Waals surface area (Å²) in [5.41, 5.74) is 1.17. The highest BCUT2D eigenvalue weighted by atomic mass is 32.2. The fourth-order valence-electron chi connectivity index (χ4n) is 2.83. The summed E-state index contributed by atoms with van der Waals surface area (Å²) in [6.45, 7) is 2.56. The van der Waals surface area contributed by atoms with Gasteiger partial charge in [-0.2, -0.15) is 0 Å². The predicted molar refractivity (Wildman–Crippen MR) is 104 cm³/mol. The minimum absolute atomic E-state index is 0.166. The van der Waals surface area contributed by atoms with Crippen molar-refractivity contribution in [1.82, 2.24) is 5.32 Å². The van der Waals surface area contributed by atoms with E-state index in [-0.39, 0.29) is 33.3 Å². The first-order valence-electron chi connectivity index (χ1n) is 8.60. The summed E-state index contributed by atoms with van der Waals surface area (Å²) >= 11 is 0. The lowest BCUT2D eigenvalue weighted by Crippen LogP contribution is -2.27. The van der Waals surface area contributed by atoms with Gasteiger partial charge in [0.1, 0.15) is 0 Å². The van der Waals surface area contributed by atoms with Gasteiger partial charge in [0.05, 0.1) is 10.6 Å². The highest BCUT2D eigenvalue weighted by molar-refractivity contribution is 7.94. The van der Waals surface area contributed by atoms with Crippen LogP contribution < -0.4 is 5.32 Å². The van der Waals surface area contributed by atoms with E-state index in [4.69, 9.17) is 0 Å². The van der Waals surface area contributed by atoms with Gasteiger partial charge in [0.25, 0.3) is 0 Å². The zero-order valence-corrected chi connectivity index (χ0v) is 15.6. The minimum atomic E-state index is -3.64. The first-order valence-corrected chi connectivity index (χ1v) is 10.1. The number of rotatable bonds is 6. The normalized spacial score (nSPS) is 14.2. The molecule has 1 aliphatic carbocycles. The van der Waals surface area contributed by atoms with Crippen LogP contribution in [0.2, 0.25) is 0 Å². The van der Waals surface area contributed by atoms with Gasteiger partial charge in [0.15, 0.2) is 15.6 Å². The van der Waals surface area contributed by atoms with E-state index in [1.165, 1.54) is 24.3 Å². The molecule has 6 heteroatoms. The molecule has 3 rings (SSSR count). The van der Waals surface area contributed by atoms with Crippen molar-refractivity contribution in [2.24, 2.45) is 0 Å². The molecule has 2 aromatic rings. The number of fused-ring (bicyclic) bond motifs is 1. The van der Waals surface area contributed by atoms with Gasteiger partial charge in [0, 0.05) is 29.2 Å². The molecule has 0 radical (unpaired) electrons. The molecular formula is C21H19NO4S. The Morgan fingerprint density at radius 3 is 2.44 bits per heavy atom. The Hall–Kier alpha value is -2.99. The number of ketones is 2. The smallest absolute Gasteiger partial charge is 0.209 e. The fraction of sp³-hybridized carbons (Fsp3) is 0.143. The lowest BCUT2D eigenvalue weighted by atomic mass is 9.89. The molecule has 138 valence electrons. The first-order chi connectivity index (χ1) is 12.9. The van der Waals surface area contributed by atoms with Crippen LogP contribution in [-0.2, 0) is 9.84 Å². The van der Waals surface area contributed by atoms with E-state index in [0.717, 1.165) is 11.8 Å². The molecular weight excluding hydrogens is 362 g/mol. The molecule has 0 saturated heterocycles. The second-order valence-corrected chi connectivity index (χ2v) is 7.94. The lowest BCUT2D eigenvalue weighted by Gasteiger charge is -2.17. The summed E-state index contributed by atoms with van der Waals surface area (Å²) < 4.78 is 24.9. The summed E-state index contributed by atoms with van der Waals surface area (Å²) in [5.74, 6) is -0.584. The monoisotopic (exact) mass is 381 g/mol. The molecule has 0 saturated carbocycles. The number of sulfone groups is 1. The molecule has 27 heavy (non-hydrogen) atoms. The molecule has 0 aromatic heterocycles. The summed E-state index contributed by atoms with van der Waals surface area (Å²) in [7, 11) is -3.64. The highest BCUT2D eigenvalue weighted by Crippen LogP contribution is 2.25. The molecule has 0 heterocycles. The number of benzene rings is 2. The molecule has 1 N–H and O–H groups in total. The fourth-order valence-corrected chi connectivity index (χ4v) is 3.85. The Kier molecular flexibility index (Phi) is 5.37. The molecule has 0 atom stereocenters. The lowest BCUT2D eigenvalue weighted by molar-refractivity contribution is 0.0978. The van der Waals surface area contributed by atoms with Gasteiger partial charge in [-0.25, -0.2) is 8.42 Å². The van der Waals surface area contributed by atoms with Crippen LogP contribution in [0.25, 0.3) is 6.08 Å². The molecule has 0 unspecified atom stereocenters. The van der Waals surface area contributed by atoms with Crippen molar-refractivity contribution >= 4 is 27.5 Å². The number of hydrogen-bond acceptors (Lipinski definition) is 5. The zero-order chi connectivity index (χ0) is 19.4. The third-order valence-corrected chi connectivity index (χ3v) is 5.60. The van der Waals surface area contributed by atoms with E-state index in [1.807, 2.05) is 6.92 Å². The van der Waals surface area contributed by atoms with Crippen LogP contribution in [0, 0.1) is 0 Å². The number of carbonyl (C=O) groups excluding carboxylic acids is 2. The van der Waals surface area contributed by atoms with Crippen LogP contribution >= 0.6 is 0 Å². The maximum atomic E-state index is 12.6.